The molecule has 2 fully saturated rings. The van der Waals surface area contributed by atoms with Crippen LogP contribution < -0.4 is 0 Å². The van der Waals surface area contributed by atoms with E-state index in [9.17, 15) is 14.7 Å². The van der Waals surface area contributed by atoms with Gasteiger partial charge < -0.3 is 14.9 Å². The highest BCUT2D eigenvalue weighted by Crippen LogP contribution is 2.51. The first-order valence-corrected chi connectivity index (χ1v) is 5.59. The van der Waals surface area contributed by atoms with Crippen LogP contribution in [0.5, 0.6) is 0 Å². The van der Waals surface area contributed by atoms with E-state index in [4.69, 9.17) is 9.84 Å². The quantitative estimate of drug-likeness (QED) is 0.452. The van der Waals surface area contributed by atoms with E-state index in [1.54, 1.807) is 12.2 Å². The molecule has 4 atom stereocenters. The Bertz CT molecular complexity index is 420. The smallest absolute Gasteiger partial charge is 0.236 e. The maximum atomic E-state index is 12.1. The van der Waals surface area contributed by atoms with Gasteiger partial charge in [0, 0.05) is 0 Å². The molecule has 2 bridgehead atoms. The summed E-state index contributed by atoms with van der Waals surface area (Å²) in [6.45, 7) is -0.548. The summed E-state index contributed by atoms with van der Waals surface area (Å²) >= 11 is 0. The Hall–Kier alpha value is -1.24. The number of carbonyl (C=O) groups is 2. The molecule has 3 aliphatic heterocycles. The van der Waals surface area contributed by atoms with Crippen LogP contribution in [0.1, 0.15) is 0 Å². The van der Waals surface area contributed by atoms with E-state index in [2.05, 4.69) is 0 Å². The number of amides is 2. The predicted octanol–water partition coefficient (Wildman–Crippen LogP) is -1.72. The van der Waals surface area contributed by atoms with Gasteiger partial charge >= 0.3 is 0 Å². The second-order valence-corrected chi connectivity index (χ2v) is 4.61. The van der Waals surface area contributed by atoms with Crippen molar-refractivity contribution < 1.29 is 24.5 Å². The average molecular weight is 239 g/mol. The molecule has 3 rings (SSSR count). The van der Waals surface area contributed by atoms with Gasteiger partial charge in [0.25, 0.3) is 0 Å². The summed E-state index contributed by atoms with van der Waals surface area (Å²) in [5.41, 5.74) is -1.04. The minimum absolute atomic E-state index is 0.0128. The molecule has 0 radical (unpaired) electrons. The summed E-state index contributed by atoms with van der Waals surface area (Å²) in [5.74, 6) is -1.83. The lowest BCUT2D eigenvalue weighted by Crippen LogP contribution is -2.43. The van der Waals surface area contributed by atoms with Crippen LogP contribution in [-0.4, -0.2) is 58.4 Å². The molecular formula is C11H13NO5. The molecule has 0 spiro atoms. The maximum Gasteiger partial charge on any atom is 0.236 e. The molecule has 0 aliphatic carbocycles. The number of hydrogen-bond donors (Lipinski definition) is 2. The van der Waals surface area contributed by atoms with Gasteiger partial charge in [-0.25, -0.2) is 0 Å². The molecule has 0 aromatic rings. The largest absolute Gasteiger partial charge is 0.395 e. The van der Waals surface area contributed by atoms with Crippen LogP contribution in [-0.2, 0) is 14.3 Å². The highest BCUT2D eigenvalue weighted by molar-refractivity contribution is 6.07. The molecule has 3 aliphatic rings. The number of β-amino-alcohol motifs (C(OH)–C–C–N with tert-alkyl or cyclic N) is 1. The lowest BCUT2D eigenvalue weighted by atomic mass is 9.77. The molecule has 6 heteroatoms. The first kappa shape index (κ1) is 10.9. The van der Waals surface area contributed by atoms with E-state index in [0.717, 1.165) is 4.90 Å². The van der Waals surface area contributed by atoms with Crippen LogP contribution in [0.3, 0.4) is 0 Å². The average Bonchev–Trinajstić information content (AvgIpc) is 2.96. The third kappa shape index (κ3) is 1.15. The molecule has 0 unspecified atom stereocenters. The highest BCUT2D eigenvalue weighted by Gasteiger charge is 2.67. The number of imide groups is 1. The van der Waals surface area contributed by atoms with Crippen molar-refractivity contribution in [2.45, 2.75) is 11.7 Å². The van der Waals surface area contributed by atoms with Gasteiger partial charge in [0.1, 0.15) is 5.60 Å². The van der Waals surface area contributed by atoms with Crippen molar-refractivity contribution in [3.8, 4) is 0 Å². The monoisotopic (exact) mass is 239 g/mol. The number of carbonyl (C=O) groups excluding carboxylic acids is 2. The molecule has 0 aromatic carbocycles. The van der Waals surface area contributed by atoms with E-state index >= 15 is 0 Å². The van der Waals surface area contributed by atoms with Crippen molar-refractivity contribution in [2.75, 3.05) is 19.8 Å². The van der Waals surface area contributed by atoms with Crippen LogP contribution in [0.15, 0.2) is 12.2 Å². The molecule has 92 valence electrons. The molecule has 0 aromatic heterocycles. The highest BCUT2D eigenvalue weighted by atomic mass is 16.5. The summed E-state index contributed by atoms with van der Waals surface area (Å²) < 4.78 is 5.55. The van der Waals surface area contributed by atoms with Gasteiger partial charge in [-0.1, -0.05) is 12.2 Å². The fraction of sp³-hybridized carbons (Fsp3) is 0.636. The van der Waals surface area contributed by atoms with Crippen LogP contribution in [0, 0.1) is 11.8 Å². The van der Waals surface area contributed by atoms with Gasteiger partial charge in [-0.15, -0.1) is 0 Å². The molecular weight excluding hydrogens is 226 g/mol. The Balaban J connectivity index is 1.99. The third-order valence-corrected chi connectivity index (χ3v) is 3.82. The van der Waals surface area contributed by atoms with E-state index in [1.807, 2.05) is 0 Å². The second-order valence-electron chi connectivity index (χ2n) is 4.61. The molecule has 2 saturated heterocycles. The van der Waals surface area contributed by atoms with E-state index in [0.29, 0.717) is 0 Å². The van der Waals surface area contributed by atoms with Crippen molar-refractivity contribution in [1.82, 2.24) is 4.90 Å². The van der Waals surface area contributed by atoms with Crippen LogP contribution >= 0.6 is 0 Å². The number of rotatable bonds is 3. The number of fused-ring (bicyclic) bond motifs is 5. The SMILES string of the molecule is O=C1[C@@H]2[C@@H](C(=O)N1CCO)[C@@]1(CO)C=C[C@H]2O1. The Morgan fingerprint density at radius 2 is 2.12 bits per heavy atom. The molecule has 6 nitrogen and oxygen atoms in total. The maximum absolute atomic E-state index is 12.1. The third-order valence-electron chi connectivity index (χ3n) is 3.82. The minimum Gasteiger partial charge on any atom is -0.395 e. The molecule has 3 heterocycles. The molecule has 2 amide bonds. The minimum atomic E-state index is -1.04. The topological polar surface area (TPSA) is 87.1 Å². The first-order valence-electron chi connectivity index (χ1n) is 5.59. The summed E-state index contributed by atoms with van der Waals surface area (Å²) in [7, 11) is 0. The van der Waals surface area contributed by atoms with E-state index in [-0.39, 0.29) is 31.6 Å². The van der Waals surface area contributed by atoms with Gasteiger partial charge in [0.05, 0.1) is 37.7 Å². The Morgan fingerprint density at radius 3 is 2.76 bits per heavy atom. The standard InChI is InChI=1S/C11H13NO5/c13-4-3-12-9(15)7-6-1-2-11(5-14,17-6)8(7)10(12)16/h1-2,6-8,13-14H,3-5H2/t6-,7+,8+,11+/m1/s1. The van der Waals surface area contributed by atoms with Gasteiger partial charge in [-0.3, -0.25) is 14.5 Å². The van der Waals surface area contributed by atoms with Gasteiger partial charge in [0.2, 0.25) is 11.8 Å². The number of aliphatic hydroxyl groups is 2. The fourth-order valence-corrected chi connectivity index (χ4v) is 3.06. The zero-order valence-corrected chi connectivity index (χ0v) is 9.07. The predicted molar refractivity (Wildman–Crippen MR) is 54.6 cm³/mol. The zero-order valence-electron chi connectivity index (χ0n) is 9.07. The number of likely N-dealkylation sites (tertiary alicyclic amines) is 1. The summed E-state index contributed by atoms with van der Waals surface area (Å²) in [4.78, 5) is 25.2. The summed E-state index contributed by atoms with van der Waals surface area (Å²) in [5, 5.41) is 18.3. The Morgan fingerprint density at radius 1 is 1.35 bits per heavy atom. The van der Waals surface area contributed by atoms with Crippen LogP contribution in [0.25, 0.3) is 0 Å². The second kappa shape index (κ2) is 3.38. The summed E-state index contributed by atoms with van der Waals surface area (Å²) in [6.07, 6.45) is 2.98. The Labute approximate surface area is 97.5 Å². The van der Waals surface area contributed by atoms with Crippen molar-refractivity contribution in [3.63, 3.8) is 0 Å². The molecule has 0 saturated carbocycles. The Kier molecular flexibility index (Phi) is 2.16. The normalized spacial score (nSPS) is 42.7. The van der Waals surface area contributed by atoms with Crippen molar-refractivity contribution in [2.24, 2.45) is 11.8 Å². The van der Waals surface area contributed by atoms with Gasteiger partial charge in [-0.2, -0.15) is 0 Å². The van der Waals surface area contributed by atoms with Gasteiger partial charge in [-0.05, 0) is 0 Å². The van der Waals surface area contributed by atoms with E-state index < -0.39 is 23.5 Å². The van der Waals surface area contributed by atoms with Crippen LogP contribution in [0.2, 0.25) is 0 Å². The molecule has 2 N–H and O–H groups in total. The number of aliphatic hydroxyl groups excluding tert-OH is 2. The van der Waals surface area contributed by atoms with Gasteiger partial charge in [0.15, 0.2) is 0 Å². The first-order chi connectivity index (χ1) is 8.14. The van der Waals surface area contributed by atoms with Crippen molar-refractivity contribution in [1.29, 1.82) is 0 Å². The lowest BCUT2D eigenvalue weighted by molar-refractivity contribution is -0.145. The number of nitrogens with zero attached hydrogens (tertiary/aromatic N) is 1. The number of hydrogen-bond acceptors (Lipinski definition) is 5. The van der Waals surface area contributed by atoms with E-state index in [1.165, 1.54) is 0 Å². The number of ether oxygens (including phenoxy) is 1. The van der Waals surface area contributed by atoms with Crippen molar-refractivity contribution >= 4 is 11.8 Å². The summed E-state index contributed by atoms with van der Waals surface area (Å²) in [6, 6.07) is 0. The van der Waals surface area contributed by atoms with Crippen molar-refractivity contribution in [3.05, 3.63) is 12.2 Å². The fourth-order valence-electron chi connectivity index (χ4n) is 3.06. The zero-order chi connectivity index (χ0) is 12.2. The lowest BCUT2D eigenvalue weighted by Gasteiger charge is -2.26. The van der Waals surface area contributed by atoms with Crippen LogP contribution in [0.4, 0.5) is 0 Å². The molecule has 17 heavy (non-hydrogen) atoms.